The number of anilines is 2. The number of ether oxygens (including phenoxy) is 1. The molecule has 8 rings (SSSR count). The van der Waals surface area contributed by atoms with Crippen LogP contribution in [0.2, 0.25) is 0 Å². The van der Waals surface area contributed by atoms with Crippen molar-refractivity contribution in [1.82, 2.24) is 29.4 Å². The minimum Gasteiger partial charge on any atom is -0.508 e. The lowest BCUT2D eigenvalue weighted by Crippen LogP contribution is -2.17. The zero-order valence-corrected chi connectivity index (χ0v) is 36.2. The van der Waals surface area contributed by atoms with E-state index in [9.17, 15) is 14.7 Å². The molecule has 0 aliphatic rings. The number of benzene rings is 4. The SMILES string of the molecule is BrB(Br)Br.COc1ccc(Cn2c(=O)[nH]c3c(N)cc(-c4c(C)noc4C)cc32)cc1.Cc1noc(C)c1-c1cc(N)c2[nH]c(=O)n(Cc3ccc(O)cc3)c2c1. The van der Waals surface area contributed by atoms with E-state index in [0.717, 1.165) is 56.0 Å². The van der Waals surface area contributed by atoms with E-state index in [1.807, 2.05) is 76.2 Å². The quantitative estimate of drug-likeness (QED) is 0.0762. The number of methoxy groups -OCH3 is 1. The lowest BCUT2D eigenvalue weighted by atomic mass is 10.0. The van der Waals surface area contributed by atoms with Gasteiger partial charge in [0.05, 0.1) is 65.0 Å². The molecular formula is C39H38BBr3N8O6. The molecule has 0 aliphatic carbocycles. The first kappa shape index (κ1) is 41.2. The summed E-state index contributed by atoms with van der Waals surface area (Å²) < 4.78 is 19.3. The van der Waals surface area contributed by atoms with Crippen LogP contribution in [0.15, 0.2) is 91.4 Å². The smallest absolute Gasteiger partial charge is 0.369 e. The molecule has 8 aromatic rings. The molecule has 0 atom stereocenters. The Balaban J connectivity index is 0.000000176. The number of halogens is 3. The van der Waals surface area contributed by atoms with E-state index in [-0.39, 0.29) is 20.3 Å². The fourth-order valence-electron chi connectivity index (χ4n) is 6.65. The summed E-state index contributed by atoms with van der Waals surface area (Å²) in [5.41, 5.74) is 22.6. The van der Waals surface area contributed by atoms with Crippen molar-refractivity contribution in [2.45, 2.75) is 40.8 Å². The molecule has 4 aromatic heterocycles. The normalized spacial score (nSPS) is 10.9. The summed E-state index contributed by atoms with van der Waals surface area (Å²) in [6.45, 7) is 8.24. The van der Waals surface area contributed by atoms with Crippen molar-refractivity contribution in [1.29, 1.82) is 0 Å². The molecule has 0 saturated carbocycles. The third-order valence-electron chi connectivity index (χ3n) is 9.25. The van der Waals surface area contributed by atoms with Crippen LogP contribution in [0.5, 0.6) is 11.5 Å². The van der Waals surface area contributed by atoms with Crippen molar-refractivity contribution in [2.75, 3.05) is 18.6 Å². The standard InChI is InChI=1S/C20H20N4O3.C19H18N4O3.BBr3/c1-11-18(12(2)27-23-11)14-8-16(21)19-17(9-14)24(20(25)22-19)10-13-4-6-15(26-3)7-5-13;1-10-17(11(2)26-22-10)13-7-15(20)18-16(8-13)23(19(25)21-18)9-12-3-5-14(24)6-4-12;2-1(3)4/h4-9H,10,21H2,1-3H3,(H,22,25);3-8,24H,9,20H2,1-2H3,(H,21,25);. The first-order valence-corrected chi connectivity index (χ1v) is 20.1. The number of aryl methyl sites for hydroxylation is 4. The Kier molecular flexibility index (Phi) is 12.5. The topological polar surface area (TPSA) is 209 Å². The number of imidazole rings is 2. The number of hydrogen-bond donors (Lipinski definition) is 5. The van der Waals surface area contributed by atoms with Gasteiger partial charge in [0, 0.05) is 11.1 Å². The van der Waals surface area contributed by atoms with Crippen LogP contribution in [0.3, 0.4) is 0 Å². The van der Waals surface area contributed by atoms with E-state index < -0.39 is 0 Å². The summed E-state index contributed by atoms with van der Waals surface area (Å²) in [4.78, 5) is 30.7. The average Bonchev–Trinajstić information content (AvgIpc) is 3.89. The number of nitrogens with one attached hydrogen (secondary N) is 2. The van der Waals surface area contributed by atoms with Gasteiger partial charge in [0.15, 0.2) is 0 Å². The Labute approximate surface area is 351 Å². The molecule has 0 spiro atoms. The van der Waals surface area contributed by atoms with Crippen LogP contribution in [-0.4, -0.2) is 44.8 Å². The van der Waals surface area contributed by atoms with Crippen molar-refractivity contribution in [2.24, 2.45) is 0 Å². The van der Waals surface area contributed by atoms with Crippen LogP contribution in [0.4, 0.5) is 11.4 Å². The number of hydrogen-bond acceptors (Lipinski definition) is 10. The molecule has 7 N–H and O–H groups in total. The van der Waals surface area contributed by atoms with Crippen LogP contribution in [0.25, 0.3) is 44.3 Å². The number of fused-ring (bicyclic) bond motifs is 2. The van der Waals surface area contributed by atoms with Crippen LogP contribution < -0.4 is 27.6 Å². The maximum absolute atomic E-state index is 12.5. The number of nitrogen functional groups attached to an aromatic ring is 2. The summed E-state index contributed by atoms with van der Waals surface area (Å²) >= 11 is 9.31. The van der Waals surface area contributed by atoms with E-state index >= 15 is 0 Å². The van der Waals surface area contributed by atoms with E-state index in [1.54, 1.807) is 40.5 Å². The molecule has 4 aromatic carbocycles. The van der Waals surface area contributed by atoms with Gasteiger partial charge in [-0.1, -0.05) is 34.6 Å². The molecular weight excluding hydrogens is 927 g/mol. The van der Waals surface area contributed by atoms with Gasteiger partial charge in [-0.05, 0) is 98.5 Å². The number of rotatable bonds is 7. The molecule has 0 amide bonds. The number of aromatic hydroxyl groups is 1. The minimum absolute atomic E-state index is 0.185. The third kappa shape index (κ3) is 9.08. The lowest BCUT2D eigenvalue weighted by molar-refractivity contribution is 0.393. The second-order valence-corrected chi connectivity index (χ2v) is 19.5. The first-order chi connectivity index (χ1) is 27.1. The summed E-state index contributed by atoms with van der Waals surface area (Å²) in [6.07, 6.45) is 0. The predicted molar refractivity (Wildman–Crippen MR) is 236 cm³/mol. The van der Waals surface area contributed by atoms with Crippen LogP contribution in [0, 0.1) is 27.7 Å². The fourth-order valence-corrected chi connectivity index (χ4v) is 6.65. The molecule has 0 saturated heterocycles. The van der Waals surface area contributed by atoms with Crippen molar-refractivity contribution in [3.63, 3.8) is 0 Å². The predicted octanol–water partition coefficient (Wildman–Crippen LogP) is 8.33. The van der Waals surface area contributed by atoms with Crippen molar-refractivity contribution < 1.29 is 18.9 Å². The second-order valence-electron chi connectivity index (χ2n) is 13.1. The van der Waals surface area contributed by atoms with Crippen LogP contribution in [0.1, 0.15) is 34.0 Å². The van der Waals surface area contributed by atoms with Gasteiger partial charge in [-0.15, -0.1) is 47.3 Å². The molecule has 57 heavy (non-hydrogen) atoms. The van der Waals surface area contributed by atoms with Gasteiger partial charge < -0.3 is 40.3 Å². The summed E-state index contributed by atoms with van der Waals surface area (Å²) in [5, 5.41) is 17.4. The van der Waals surface area contributed by atoms with E-state index in [1.165, 1.54) is 0 Å². The Morgan fingerprint density at radius 2 is 1.09 bits per heavy atom. The molecule has 18 heteroatoms. The van der Waals surface area contributed by atoms with Crippen LogP contribution >= 0.6 is 47.3 Å². The number of nitrogens with two attached hydrogens (primary N) is 2. The van der Waals surface area contributed by atoms with Crippen molar-refractivity contribution >= 4 is 83.9 Å². The molecule has 0 radical (unpaired) electrons. The van der Waals surface area contributed by atoms with Gasteiger partial charge in [-0.25, -0.2) is 9.59 Å². The molecule has 0 aliphatic heterocycles. The zero-order chi connectivity index (χ0) is 41.1. The van der Waals surface area contributed by atoms with Gasteiger partial charge >= 0.3 is 14.6 Å². The second kappa shape index (κ2) is 17.4. The van der Waals surface area contributed by atoms with Crippen molar-refractivity contribution in [3.8, 4) is 33.8 Å². The highest BCUT2D eigenvalue weighted by Gasteiger charge is 2.18. The molecule has 0 bridgehead atoms. The number of aromatic nitrogens is 6. The van der Waals surface area contributed by atoms with E-state index in [2.05, 4.69) is 67.6 Å². The number of phenols is 1. The Morgan fingerprint density at radius 3 is 1.44 bits per heavy atom. The highest BCUT2D eigenvalue weighted by atomic mass is 79.9. The highest BCUT2D eigenvalue weighted by molar-refractivity contribution is 9.69. The van der Waals surface area contributed by atoms with E-state index in [0.29, 0.717) is 52.5 Å². The van der Waals surface area contributed by atoms with Gasteiger partial charge in [-0.2, -0.15) is 0 Å². The van der Waals surface area contributed by atoms with Gasteiger partial charge in [0.1, 0.15) is 23.0 Å². The monoisotopic (exact) mass is 962 g/mol. The largest absolute Gasteiger partial charge is 0.508 e. The molecule has 294 valence electrons. The van der Waals surface area contributed by atoms with Gasteiger partial charge in [0.2, 0.25) is 0 Å². The van der Waals surface area contributed by atoms with Crippen molar-refractivity contribution in [3.05, 3.63) is 128 Å². The summed E-state index contributed by atoms with van der Waals surface area (Å²) in [7, 11) is 1.62. The average molecular weight is 965 g/mol. The number of H-pyrrole nitrogens is 2. The molecule has 0 fully saturated rings. The zero-order valence-electron chi connectivity index (χ0n) is 31.5. The highest BCUT2D eigenvalue weighted by Crippen LogP contribution is 2.34. The number of phenolic OH excluding ortho intramolecular Hbond substituents is 1. The molecule has 4 heterocycles. The van der Waals surface area contributed by atoms with Crippen LogP contribution in [-0.2, 0) is 13.1 Å². The summed E-state index contributed by atoms with van der Waals surface area (Å²) in [5.74, 6) is 2.37. The third-order valence-corrected chi connectivity index (χ3v) is 9.25. The van der Waals surface area contributed by atoms with Gasteiger partial charge in [0.25, 0.3) is 0 Å². The Hall–Kier alpha value is -5.46. The number of aromatic amines is 2. The maximum atomic E-state index is 12.5. The number of nitrogens with zero attached hydrogens (tertiary/aromatic N) is 4. The Morgan fingerprint density at radius 1 is 0.702 bits per heavy atom. The Bertz CT molecular complexity index is 2760. The summed E-state index contributed by atoms with van der Waals surface area (Å²) in [6, 6.07) is 21.9. The molecule has 14 nitrogen and oxygen atoms in total. The van der Waals surface area contributed by atoms with E-state index in [4.69, 9.17) is 25.3 Å². The molecule has 0 unspecified atom stereocenters. The first-order valence-electron chi connectivity index (χ1n) is 17.4. The fraction of sp³-hybridized carbons (Fsp3) is 0.179. The minimum atomic E-state index is -0.240. The van der Waals surface area contributed by atoms with Gasteiger partial charge in [-0.3, -0.25) is 9.13 Å². The lowest BCUT2D eigenvalue weighted by Gasteiger charge is -2.08. The maximum Gasteiger partial charge on any atom is 0.369 e.